The molecule has 0 spiro atoms. The maximum Gasteiger partial charge on any atom is 0.257 e. The standard InChI is InChI=1S/C13H17N5O2.C12H15N5O2/c1-19-13-10(11-7-12(14)17-16-11)6-9(8-15-13)18-2-4-20-5-3-18;13-11-6-10(15-16-11)9-5-8(7-14-12(9)18)17-1-3-19-4-2-17/h6-8H,2-5H2,1H3,(H3,14,16,17);5-7H,1-4H2,(H,14,18)(H3,13,15,16). The zero-order valence-corrected chi connectivity index (χ0v) is 21.6. The van der Waals surface area contributed by atoms with Gasteiger partial charge in [-0.25, -0.2) is 4.98 Å². The summed E-state index contributed by atoms with van der Waals surface area (Å²) in [5.74, 6) is 1.36. The van der Waals surface area contributed by atoms with Crippen LogP contribution in [0.15, 0.2) is 41.5 Å². The minimum atomic E-state index is -0.166. The van der Waals surface area contributed by atoms with E-state index in [1.54, 1.807) is 25.4 Å². The van der Waals surface area contributed by atoms with Gasteiger partial charge in [0.05, 0.1) is 73.6 Å². The summed E-state index contributed by atoms with van der Waals surface area (Å²) in [6, 6.07) is 7.29. The Morgan fingerprint density at radius 3 is 1.90 bits per heavy atom. The molecular weight excluding hydrogens is 504 g/mol. The van der Waals surface area contributed by atoms with E-state index in [0.29, 0.717) is 42.0 Å². The van der Waals surface area contributed by atoms with Gasteiger partial charge < -0.3 is 40.5 Å². The Morgan fingerprint density at radius 2 is 1.36 bits per heavy atom. The van der Waals surface area contributed by atoms with Gasteiger partial charge in [0.15, 0.2) is 0 Å². The second kappa shape index (κ2) is 11.9. The van der Waals surface area contributed by atoms with Crippen LogP contribution in [0, 0.1) is 0 Å². The summed E-state index contributed by atoms with van der Waals surface area (Å²) in [6.45, 7) is 6.22. The molecule has 0 aliphatic carbocycles. The predicted molar refractivity (Wildman–Crippen MR) is 148 cm³/mol. The molecule has 4 aromatic rings. The first-order chi connectivity index (χ1) is 19.0. The average molecular weight is 537 g/mol. The number of aromatic amines is 3. The lowest BCUT2D eigenvalue weighted by Crippen LogP contribution is -2.36. The third-order valence-electron chi connectivity index (χ3n) is 6.45. The van der Waals surface area contributed by atoms with E-state index in [1.807, 2.05) is 18.3 Å². The van der Waals surface area contributed by atoms with Crippen LogP contribution in [0.25, 0.3) is 22.5 Å². The summed E-state index contributed by atoms with van der Waals surface area (Å²) in [7, 11) is 1.60. The minimum absolute atomic E-state index is 0.166. The first kappa shape index (κ1) is 26.1. The van der Waals surface area contributed by atoms with Gasteiger partial charge in [-0.3, -0.25) is 15.0 Å². The van der Waals surface area contributed by atoms with E-state index in [4.69, 9.17) is 25.7 Å². The number of morpholine rings is 2. The Kier molecular flexibility index (Phi) is 7.94. The molecule has 2 fully saturated rings. The molecule has 0 amide bonds. The van der Waals surface area contributed by atoms with Crippen molar-refractivity contribution in [2.45, 2.75) is 0 Å². The fourth-order valence-electron chi connectivity index (χ4n) is 4.42. The van der Waals surface area contributed by atoms with E-state index in [-0.39, 0.29) is 5.56 Å². The lowest BCUT2D eigenvalue weighted by molar-refractivity contribution is 0.122. The van der Waals surface area contributed by atoms with E-state index >= 15 is 0 Å². The first-order valence-electron chi connectivity index (χ1n) is 12.6. The number of hydrogen-bond acceptors (Lipinski definition) is 11. The zero-order chi connectivity index (χ0) is 27.2. The molecule has 0 unspecified atom stereocenters. The van der Waals surface area contributed by atoms with Gasteiger partial charge in [0.25, 0.3) is 5.56 Å². The van der Waals surface area contributed by atoms with Gasteiger partial charge in [0.1, 0.15) is 11.6 Å². The van der Waals surface area contributed by atoms with E-state index in [9.17, 15) is 4.79 Å². The van der Waals surface area contributed by atoms with Crippen LogP contribution in [0.5, 0.6) is 5.88 Å². The molecule has 6 heterocycles. The number of nitrogen functional groups attached to an aromatic ring is 2. The molecule has 14 heteroatoms. The Labute approximate surface area is 224 Å². The summed E-state index contributed by atoms with van der Waals surface area (Å²) >= 11 is 0. The minimum Gasteiger partial charge on any atom is -0.481 e. The van der Waals surface area contributed by atoms with Crippen LogP contribution in [0.1, 0.15) is 0 Å². The van der Waals surface area contributed by atoms with Crippen molar-refractivity contribution in [1.29, 1.82) is 0 Å². The van der Waals surface area contributed by atoms with E-state index < -0.39 is 0 Å². The highest BCUT2D eigenvalue weighted by Gasteiger charge is 2.17. The molecule has 14 nitrogen and oxygen atoms in total. The number of pyridine rings is 2. The summed E-state index contributed by atoms with van der Waals surface area (Å²) in [4.78, 5) is 23.4. The van der Waals surface area contributed by atoms with Crippen molar-refractivity contribution in [3.63, 3.8) is 0 Å². The van der Waals surface area contributed by atoms with E-state index in [0.717, 1.165) is 62.0 Å². The molecule has 4 aromatic heterocycles. The monoisotopic (exact) mass is 536 g/mol. The van der Waals surface area contributed by atoms with E-state index in [1.165, 1.54) is 0 Å². The summed E-state index contributed by atoms with van der Waals surface area (Å²) < 4.78 is 16.0. The second-order valence-electron chi connectivity index (χ2n) is 8.96. The predicted octanol–water partition coefficient (Wildman–Crippen LogP) is 1.08. The van der Waals surface area contributed by atoms with Crippen LogP contribution in [0.2, 0.25) is 0 Å². The van der Waals surface area contributed by atoms with Gasteiger partial charge in [-0.15, -0.1) is 0 Å². The van der Waals surface area contributed by atoms with Crippen LogP contribution < -0.4 is 31.6 Å². The van der Waals surface area contributed by atoms with Crippen LogP contribution in [0.4, 0.5) is 23.0 Å². The van der Waals surface area contributed by atoms with Crippen molar-refractivity contribution in [1.82, 2.24) is 30.4 Å². The van der Waals surface area contributed by atoms with Crippen molar-refractivity contribution in [3.8, 4) is 28.4 Å². The van der Waals surface area contributed by atoms with Crippen molar-refractivity contribution in [2.24, 2.45) is 0 Å². The van der Waals surface area contributed by atoms with Gasteiger partial charge in [0, 0.05) is 44.5 Å². The molecule has 0 bridgehead atoms. The Morgan fingerprint density at radius 1 is 0.821 bits per heavy atom. The number of rotatable bonds is 5. The number of nitrogens with zero attached hydrogens (tertiary/aromatic N) is 5. The van der Waals surface area contributed by atoms with Gasteiger partial charge in [-0.05, 0) is 12.1 Å². The highest BCUT2D eigenvalue weighted by atomic mass is 16.5. The number of H-pyrrole nitrogens is 3. The molecule has 0 aromatic carbocycles. The summed E-state index contributed by atoms with van der Waals surface area (Å²) in [5, 5.41) is 13.4. The number of hydrogen-bond donors (Lipinski definition) is 5. The van der Waals surface area contributed by atoms with Crippen molar-refractivity contribution in [3.05, 3.63) is 47.0 Å². The number of aromatic nitrogens is 6. The van der Waals surface area contributed by atoms with Crippen LogP contribution in [0.3, 0.4) is 0 Å². The molecule has 2 aliphatic rings. The molecule has 2 aliphatic heterocycles. The van der Waals surface area contributed by atoms with Crippen LogP contribution in [-0.2, 0) is 9.47 Å². The third kappa shape index (κ3) is 6.13. The van der Waals surface area contributed by atoms with Crippen LogP contribution >= 0.6 is 0 Å². The van der Waals surface area contributed by atoms with Crippen molar-refractivity contribution >= 4 is 23.0 Å². The van der Waals surface area contributed by atoms with Crippen molar-refractivity contribution in [2.75, 3.05) is 81.0 Å². The Balaban J connectivity index is 0.000000158. The molecule has 0 saturated carbocycles. The Hall–Kier alpha value is -4.56. The van der Waals surface area contributed by atoms with Crippen LogP contribution in [-0.4, -0.2) is 90.1 Å². The van der Waals surface area contributed by atoms with Gasteiger partial charge in [-0.1, -0.05) is 0 Å². The molecule has 7 N–H and O–H groups in total. The molecule has 6 rings (SSSR count). The molecule has 39 heavy (non-hydrogen) atoms. The molecule has 206 valence electrons. The largest absolute Gasteiger partial charge is 0.481 e. The van der Waals surface area contributed by atoms with Gasteiger partial charge in [0.2, 0.25) is 5.88 Å². The SMILES string of the molecule is COc1ncc(N2CCOCC2)cc1-c1cc(N)n[nH]1.Nc1cc(-c2cc(N3CCOCC3)c[nH]c2=O)[nH]n1. The summed E-state index contributed by atoms with van der Waals surface area (Å²) in [6.07, 6.45) is 3.53. The molecule has 0 atom stereocenters. The summed E-state index contributed by atoms with van der Waals surface area (Å²) in [5.41, 5.74) is 15.9. The lowest BCUT2D eigenvalue weighted by Gasteiger charge is -2.29. The number of ether oxygens (including phenoxy) is 3. The topological polar surface area (TPSA) is 189 Å². The first-order valence-corrected chi connectivity index (χ1v) is 12.6. The molecular formula is C25H32N10O4. The number of nitrogens with two attached hydrogens (primary N) is 2. The fraction of sp³-hybridized carbons (Fsp3) is 0.360. The fourth-order valence-corrected chi connectivity index (χ4v) is 4.42. The highest BCUT2D eigenvalue weighted by molar-refractivity contribution is 5.71. The maximum absolute atomic E-state index is 11.9. The Bertz CT molecular complexity index is 1440. The smallest absolute Gasteiger partial charge is 0.257 e. The zero-order valence-electron chi connectivity index (χ0n) is 21.6. The lowest BCUT2D eigenvalue weighted by atomic mass is 10.1. The van der Waals surface area contributed by atoms with Crippen molar-refractivity contribution < 1.29 is 14.2 Å². The molecule has 0 radical (unpaired) electrons. The second-order valence-corrected chi connectivity index (χ2v) is 8.96. The van der Waals surface area contributed by atoms with E-state index in [2.05, 4.69) is 40.2 Å². The average Bonchev–Trinajstić information content (AvgIpc) is 3.62. The number of methoxy groups -OCH3 is 1. The normalized spacial score (nSPS) is 15.5. The van der Waals surface area contributed by atoms with Gasteiger partial charge in [-0.2, -0.15) is 10.2 Å². The third-order valence-corrected chi connectivity index (χ3v) is 6.45. The van der Waals surface area contributed by atoms with Gasteiger partial charge >= 0.3 is 0 Å². The number of anilines is 4. The number of nitrogens with one attached hydrogen (secondary N) is 3. The molecule has 2 saturated heterocycles. The quantitative estimate of drug-likeness (QED) is 0.245. The highest BCUT2D eigenvalue weighted by Crippen LogP contribution is 2.31. The maximum atomic E-state index is 11.9.